The van der Waals surface area contributed by atoms with Crippen molar-refractivity contribution in [1.29, 1.82) is 0 Å². The van der Waals surface area contributed by atoms with E-state index in [1.807, 2.05) is 12.1 Å². The van der Waals surface area contributed by atoms with Gasteiger partial charge >= 0.3 is 0 Å². The normalized spacial score (nSPS) is 26.0. The maximum Gasteiger partial charge on any atom is 0.228 e. The average Bonchev–Trinajstić information content (AvgIpc) is 3.51. The van der Waals surface area contributed by atoms with E-state index in [4.69, 9.17) is 0 Å². The van der Waals surface area contributed by atoms with Crippen LogP contribution in [-0.4, -0.2) is 56.0 Å². The van der Waals surface area contributed by atoms with Crippen molar-refractivity contribution >= 4 is 23.2 Å². The monoisotopic (exact) mass is 384 g/mol. The first kappa shape index (κ1) is 19.2. The number of carbonyl (C=O) groups excluding carboxylic acids is 2. The Morgan fingerprint density at radius 3 is 2.21 bits per heavy atom. The minimum atomic E-state index is -0.180. The molecule has 2 amide bonds. The minimum absolute atomic E-state index is 0.0314. The quantitative estimate of drug-likeness (QED) is 0.819. The summed E-state index contributed by atoms with van der Waals surface area (Å²) in [5.74, 6) is -0.291. The molecule has 1 heterocycles. The molecule has 3 fully saturated rings. The number of amides is 2. The summed E-state index contributed by atoms with van der Waals surface area (Å²) in [5.41, 5.74) is 2.00. The number of hydrogen-bond donors (Lipinski definition) is 2. The van der Waals surface area contributed by atoms with E-state index < -0.39 is 0 Å². The third kappa shape index (κ3) is 4.66. The maximum atomic E-state index is 12.5. The van der Waals surface area contributed by atoms with Crippen LogP contribution in [0.1, 0.15) is 38.5 Å². The Morgan fingerprint density at radius 2 is 1.54 bits per heavy atom. The van der Waals surface area contributed by atoms with Crippen LogP contribution >= 0.6 is 0 Å². The number of hydrogen-bond acceptors (Lipinski definition) is 4. The second-order valence-corrected chi connectivity index (χ2v) is 8.62. The van der Waals surface area contributed by atoms with Gasteiger partial charge in [-0.2, -0.15) is 0 Å². The van der Waals surface area contributed by atoms with E-state index in [2.05, 4.69) is 39.6 Å². The van der Waals surface area contributed by atoms with Crippen LogP contribution < -0.4 is 15.5 Å². The second-order valence-electron chi connectivity index (χ2n) is 8.62. The summed E-state index contributed by atoms with van der Waals surface area (Å²) in [7, 11) is 2.15. The highest BCUT2D eigenvalue weighted by atomic mass is 16.2. The predicted molar refractivity (Wildman–Crippen MR) is 111 cm³/mol. The summed E-state index contributed by atoms with van der Waals surface area (Å²) < 4.78 is 0. The van der Waals surface area contributed by atoms with Crippen molar-refractivity contribution in [2.24, 2.45) is 11.8 Å². The van der Waals surface area contributed by atoms with Crippen LogP contribution in [0.4, 0.5) is 11.4 Å². The Hall–Kier alpha value is -2.08. The van der Waals surface area contributed by atoms with Crippen LogP contribution in [0.25, 0.3) is 0 Å². The van der Waals surface area contributed by atoms with Crippen LogP contribution in [0.5, 0.6) is 0 Å². The van der Waals surface area contributed by atoms with Crippen LogP contribution in [0.2, 0.25) is 0 Å². The third-order valence-electron chi connectivity index (χ3n) is 6.42. The van der Waals surface area contributed by atoms with Gasteiger partial charge in [-0.25, -0.2) is 0 Å². The van der Waals surface area contributed by atoms with Gasteiger partial charge in [0, 0.05) is 43.6 Å². The van der Waals surface area contributed by atoms with E-state index in [-0.39, 0.29) is 23.7 Å². The van der Waals surface area contributed by atoms with Crippen molar-refractivity contribution in [2.45, 2.75) is 44.6 Å². The first-order chi connectivity index (χ1) is 13.6. The lowest BCUT2D eigenvalue weighted by Crippen LogP contribution is -2.44. The van der Waals surface area contributed by atoms with Gasteiger partial charge in [-0.15, -0.1) is 0 Å². The average molecular weight is 385 g/mol. The number of carbonyl (C=O) groups is 2. The van der Waals surface area contributed by atoms with E-state index >= 15 is 0 Å². The van der Waals surface area contributed by atoms with E-state index in [1.165, 1.54) is 24.9 Å². The standard InChI is InChI=1S/C22H32N4O2/c1-25-11-13-26(14-12-25)18-9-7-17(8-10-18)24-22(28)20-15-19(20)21(27)23-16-5-3-2-4-6-16/h7-10,16,19-20H,2-6,11-15H2,1H3,(H,23,27)(H,24,28). The van der Waals surface area contributed by atoms with E-state index in [0.29, 0.717) is 12.5 Å². The van der Waals surface area contributed by atoms with Gasteiger partial charge in [0.2, 0.25) is 11.8 Å². The lowest BCUT2D eigenvalue weighted by Gasteiger charge is -2.34. The molecular formula is C22H32N4O2. The van der Waals surface area contributed by atoms with E-state index in [0.717, 1.165) is 44.7 Å². The molecule has 4 rings (SSSR count). The molecule has 0 bridgehead atoms. The van der Waals surface area contributed by atoms with Gasteiger partial charge in [0.25, 0.3) is 0 Å². The van der Waals surface area contributed by atoms with Crippen molar-refractivity contribution in [3.63, 3.8) is 0 Å². The van der Waals surface area contributed by atoms with Gasteiger partial charge < -0.3 is 20.4 Å². The molecule has 152 valence electrons. The van der Waals surface area contributed by atoms with Gasteiger partial charge in [-0.3, -0.25) is 9.59 Å². The molecule has 2 saturated carbocycles. The van der Waals surface area contributed by atoms with Crippen molar-refractivity contribution in [1.82, 2.24) is 10.2 Å². The van der Waals surface area contributed by atoms with Crippen LogP contribution in [0, 0.1) is 11.8 Å². The molecular weight excluding hydrogens is 352 g/mol. The number of rotatable bonds is 5. The molecule has 1 aromatic rings. The zero-order chi connectivity index (χ0) is 19.5. The Labute approximate surface area is 167 Å². The first-order valence-corrected chi connectivity index (χ1v) is 10.7. The fourth-order valence-electron chi connectivity index (χ4n) is 4.38. The van der Waals surface area contributed by atoms with Crippen molar-refractivity contribution in [2.75, 3.05) is 43.4 Å². The second kappa shape index (κ2) is 8.52. The smallest absolute Gasteiger partial charge is 0.228 e. The highest BCUT2D eigenvalue weighted by molar-refractivity contribution is 5.99. The number of nitrogens with zero attached hydrogens (tertiary/aromatic N) is 2. The molecule has 6 nitrogen and oxygen atoms in total. The maximum absolute atomic E-state index is 12.5. The highest BCUT2D eigenvalue weighted by Gasteiger charge is 2.48. The van der Waals surface area contributed by atoms with Gasteiger partial charge in [0.05, 0.1) is 11.8 Å². The zero-order valence-electron chi connectivity index (χ0n) is 16.8. The Bertz CT molecular complexity index is 691. The Morgan fingerprint density at radius 1 is 0.893 bits per heavy atom. The molecule has 0 spiro atoms. The number of likely N-dealkylation sites (N-methyl/N-ethyl adjacent to an activating group) is 1. The number of piperazine rings is 1. The molecule has 1 aromatic carbocycles. The molecule has 2 atom stereocenters. The molecule has 2 N–H and O–H groups in total. The lowest BCUT2D eigenvalue weighted by atomic mass is 9.95. The lowest BCUT2D eigenvalue weighted by molar-refractivity contribution is -0.126. The number of anilines is 2. The first-order valence-electron chi connectivity index (χ1n) is 10.7. The Balaban J connectivity index is 1.24. The van der Waals surface area contributed by atoms with Crippen molar-refractivity contribution < 1.29 is 9.59 Å². The minimum Gasteiger partial charge on any atom is -0.369 e. The molecule has 1 aliphatic heterocycles. The molecule has 0 radical (unpaired) electrons. The Kier molecular flexibility index (Phi) is 5.85. The van der Waals surface area contributed by atoms with E-state index in [1.54, 1.807) is 0 Å². The summed E-state index contributed by atoms with van der Waals surface area (Å²) in [5, 5.41) is 6.13. The molecule has 28 heavy (non-hydrogen) atoms. The van der Waals surface area contributed by atoms with Crippen LogP contribution in [0.15, 0.2) is 24.3 Å². The molecule has 2 unspecified atom stereocenters. The largest absolute Gasteiger partial charge is 0.369 e. The molecule has 3 aliphatic rings. The number of nitrogens with one attached hydrogen (secondary N) is 2. The summed E-state index contributed by atoms with van der Waals surface area (Å²) in [6.45, 7) is 4.21. The van der Waals surface area contributed by atoms with Crippen LogP contribution in [0.3, 0.4) is 0 Å². The zero-order valence-corrected chi connectivity index (χ0v) is 16.8. The molecule has 2 aliphatic carbocycles. The number of benzene rings is 1. The highest BCUT2D eigenvalue weighted by Crippen LogP contribution is 2.40. The van der Waals surface area contributed by atoms with Crippen molar-refractivity contribution in [3.05, 3.63) is 24.3 Å². The van der Waals surface area contributed by atoms with Gasteiger partial charge in [-0.05, 0) is 50.6 Å². The van der Waals surface area contributed by atoms with Crippen molar-refractivity contribution in [3.8, 4) is 0 Å². The summed E-state index contributed by atoms with van der Waals surface area (Å²) in [4.78, 5) is 29.6. The summed E-state index contributed by atoms with van der Waals surface area (Å²) in [6, 6.07) is 8.38. The molecule has 1 saturated heterocycles. The van der Waals surface area contributed by atoms with Gasteiger partial charge in [-0.1, -0.05) is 19.3 Å². The van der Waals surface area contributed by atoms with E-state index in [9.17, 15) is 9.59 Å². The topological polar surface area (TPSA) is 64.7 Å². The summed E-state index contributed by atoms with van der Waals surface area (Å²) >= 11 is 0. The van der Waals surface area contributed by atoms with Crippen LogP contribution in [-0.2, 0) is 9.59 Å². The molecule has 0 aromatic heterocycles. The predicted octanol–water partition coefficient (Wildman–Crippen LogP) is 2.46. The van der Waals surface area contributed by atoms with Gasteiger partial charge in [0.1, 0.15) is 0 Å². The summed E-state index contributed by atoms with van der Waals surface area (Å²) in [6.07, 6.45) is 6.50. The third-order valence-corrected chi connectivity index (χ3v) is 6.42. The fourth-order valence-corrected chi connectivity index (χ4v) is 4.38. The fraction of sp³-hybridized carbons (Fsp3) is 0.636. The molecule has 6 heteroatoms. The van der Waals surface area contributed by atoms with Gasteiger partial charge in [0.15, 0.2) is 0 Å². The SMILES string of the molecule is CN1CCN(c2ccc(NC(=O)C3CC3C(=O)NC3CCCCC3)cc2)CC1.